The number of hydrogen-bond acceptors (Lipinski definition) is 5. The van der Waals surface area contributed by atoms with Gasteiger partial charge in [-0.05, 0) is 48.5 Å². The zero-order chi connectivity index (χ0) is 19.7. The second kappa shape index (κ2) is 6.85. The summed E-state index contributed by atoms with van der Waals surface area (Å²) in [4.78, 5) is 16.7. The molecule has 0 aliphatic heterocycles. The average Bonchev–Trinajstić information content (AvgIpc) is 3.24. The molecule has 1 aromatic carbocycles. The molecule has 7 heteroatoms. The molecule has 0 aliphatic carbocycles. The SMILES string of the molecule is N#Cc1cc(-c2ccc(=O)n(-c3ccc(F)cc3)c2)c(-c2ccco2)nc1N. The predicted molar refractivity (Wildman–Crippen MR) is 102 cm³/mol. The van der Waals surface area contributed by atoms with Crippen molar-refractivity contribution < 1.29 is 8.81 Å². The molecule has 0 amide bonds. The van der Waals surface area contributed by atoms with Crippen LogP contribution in [0.15, 0.2) is 76.3 Å². The van der Waals surface area contributed by atoms with E-state index in [4.69, 9.17) is 10.2 Å². The number of anilines is 1. The van der Waals surface area contributed by atoms with E-state index >= 15 is 0 Å². The minimum absolute atomic E-state index is 0.0875. The van der Waals surface area contributed by atoms with Crippen molar-refractivity contribution in [2.75, 3.05) is 5.73 Å². The van der Waals surface area contributed by atoms with Gasteiger partial charge in [-0.1, -0.05) is 0 Å². The van der Waals surface area contributed by atoms with Crippen molar-refractivity contribution in [1.29, 1.82) is 5.26 Å². The number of nitriles is 1. The van der Waals surface area contributed by atoms with Crippen LogP contribution in [-0.2, 0) is 0 Å². The van der Waals surface area contributed by atoms with E-state index in [-0.39, 0.29) is 16.9 Å². The van der Waals surface area contributed by atoms with Crippen molar-refractivity contribution in [3.05, 3.63) is 88.8 Å². The molecule has 28 heavy (non-hydrogen) atoms. The maximum atomic E-state index is 13.2. The van der Waals surface area contributed by atoms with E-state index in [0.717, 1.165) is 0 Å². The molecule has 0 saturated carbocycles. The lowest BCUT2D eigenvalue weighted by atomic mass is 10.0. The lowest BCUT2D eigenvalue weighted by Crippen LogP contribution is -2.16. The van der Waals surface area contributed by atoms with E-state index in [1.807, 2.05) is 6.07 Å². The number of nitrogens with two attached hydrogens (primary N) is 1. The zero-order valence-corrected chi connectivity index (χ0v) is 14.5. The van der Waals surface area contributed by atoms with Gasteiger partial charge in [0.25, 0.3) is 5.56 Å². The summed E-state index contributed by atoms with van der Waals surface area (Å²) >= 11 is 0. The van der Waals surface area contributed by atoms with Crippen LogP contribution < -0.4 is 11.3 Å². The largest absolute Gasteiger partial charge is 0.463 e. The standard InChI is InChI=1S/C21H13FN4O2/c22-15-4-6-16(7-5-15)26-12-13(3-8-19(26)27)17-10-14(11-23)21(24)25-20(17)18-2-1-9-28-18/h1-10,12H,(H2,24,25). The second-order valence-corrected chi connectivity index (χ2v) is 6.01. The fourth-order valence-corrected chi connectivity index (χ4v) is 2.89. The summed E-state index contributed by atoms with van der Waals surface area (Å²) in [6.07, 6.45) is 3.12. The Kier molecular flexibility index (Phi) is 4.22. The molecule has 136 valence electrons. The van der Waals surface area contributed by atoms with Gasteiger partial charge < -0.3 is 10.2 Å². The number of pyridine rings is 2. The number of rotatable bonds is 3. The molecule has 0 radical (unpaired) electrons. The Morgan fingerprint density at radius 1 is 1.14 bits per heavy atom. The van der Waals surface area contributed by atoms with Crippen LogP contribution in [0.3, 0.4) is 0 Å². The Labute approximate surface area is 158 Å². The molecule has 4 rings (SSSR count). The fraction of sp³-hybridized carbons (Fsp3) is 0. The average molecular weight is 372 g/mol. The molecule has 0 spiro atoms. The van der Waals surface area contributed by atoms with Gasteiger partial charge in [0.1, 0.15) is 23.4 Å². The topological polar surface area (TPSA) is 97.8 Å². The van der Waals surface area contributed by atoms with Crippen LogP contribution in [0.4, 0.5) is 10.2 Å². The van der Waals surface area contributed by atoms with Gasteiger partial charge in [-0.3, -0.25) is 9.36 Å². The van der Waals surface area contributed by atoms with Crippen molar-refractivity contribution in [3.63, 3.8) is 0 Å². The number of benzene rings is 1. The molecular formula is C21H13FN4O2. The molecule has 3 aromatic heterocycles. The van der Waals surface area contributed by atoms with Crippen molar-refractivity contribution >= 4 is 5.82 Å². The summed E-state index contributed by atoms with van der Waals surface area (Å²) in [5, 5.41) is 9.33. The number of furan rings is 1. The summed E-state index contributed by atoms with van der Waals surface area (Å²) in [5.41, 5.74) is 7.98. The zero-order valence-electron chi connectivity index (χ0n) is 14.5. The number of nitrogens with zero attached hydrogens (tertiary/aromatic N) is 3. The van der Waals surface area contributed by atoms with E-state index in [9.17, 15) is 14.4 Å². The highest BCUT2D eigenvalue weighted by molar-refractivity contribution is 5.81. The van der Waals surface area contributed by atoms with Crippen LogP contribution >= 0.6 is 0 Å². The van der Waals surface area contributed by atoms with Crippen molar-refractivity contribution in [1.82, 2.24) is 9.55 Å². The van der Waals surface area contributed by atoms with Crippen molar-refractivity contribution in [2.24, 2.45) is 0 Å². The molecule has 0 atom stereocenters. The quantitative estimate of drug-likeness (QED) is 0.591. The Morgan fingerprint density at radius 3 is 2.61 bits per heavy atom. The molecule has 6 nitrogen and oxygen atoms in total. The van der Waals surface area contributed by atoms with E-state index in [0.29, 0.717) is 28.3 Å². The van der Waals surface area contributed by atoms with Gasteiger partial charge in [-0.25, -0.2) is 9.37 Å². The molecule has 0 unspecified atom stereocenters. The number of aromatic nitrogens is 2. The highest BCUT2D eigenvalue weighted by Gasteiger charge is 2.16. The molecule has 2 N–H and O–H groups in total. The third kappa shape index (κ3) is 3.04. The van der Waals surface area contributed by atoms with Crippen LogP contribution in [-0.4, -0.2) is 9.55 Å². The van der Waals surface area contributed by atoms with Crippen molar-refractivity contribution in [2.45, 2.75) is 0 Å². The molecular weight excluding hydrogens is 359 g/mol. The van der Waals surface area contributed by atoms with E-state index in [1.165, 1.54) is 41.2 Å². The molecule has 0 aliphatic rings. The third-order valence-corrected chi connectivity index (χ3v) is 4.25. The minimum Gasteiger partial charge on any atom is -0.463 e. The van der Waals surface area contributed by atoms with Gasteiger partial charge in [0.05, 0.1) is 11.8 Å². The van der Waals surface area contributed by atoms with Crippen LogP contribution in [0.1, 0.15) is 5.56 Å². The highest BCUT2D eigenvalue weighted by atomic mass is 19.1. The first-order valence-electron chi connectivity index (χ1n) is 8.30. The summed E-state index contributed by atoms with van der Waals surface area (Å²) in [6.45, 7) is 0. The lowest BCUT2D eigenvalue weighted by Gasteiger charge is -2.12. The van der Waals surface area contributed by atoms with Gasteiger partial charge in [-0.2, -0.15) is 5.26 Å². The van der Waals surface area contributed by atoms with Gasteiger partial charge in [0, 0.05) is 29.1 Å². The number of nitrogen functional groups attached to an aromatic ring is 1. The van der Waals surface area contributed by atoms with Crippen LogP contribution in [0.2, 0.25) is 0 Å². The maximum absolute atomic E-state index is 13.2. The summed E-state index contributed by atoms with van der Waals surface area (Å²) in [5.74, 6) is 0.171. The Hall–Kier alpha value is -4.18. The van der Waals surface area contributed by atoms with Gasteiger partial charge in [-0.15, -0.1) is 0 Å². The first kappa shape index (κ1) is 17.2. The number of halogens is 1. The van der Waals surface area contributed by atoms with Gasteiger partial charge >= 0.3 is 0 Å². The minimum atomic E-state index is -0.394. The smallest absolute Gasteiger partial charge is 0.255 e. The molecule has 4 aromatic rings. The van der Waals surface area contributed by atoms with Crippen molar-refractivity contribution in [3.8, 4) is 34.3 Å². The third-order valence-electron chi connectivity index (χ3n) is 4.25. The van der Waals surface area contributed by atoms with Crippen LogP contribution in [0.25, 0.3) is 28.3 Å². The van der Waals surface area contributed by atoms with Gasteiger partial charge in [0.2, 0.25) is 0 Å². The monoisotopic (exact) mass is 372 g/mol. The first-order valence-corrected chi connectivity index (χ1v) is 8.30. The second-order valence-electron chi connectivity index (χ2n) is 6.01. The predicted octanol–water partition coefficient (Wildman–Crippen LogP) is 3.75. The lowest BCUT2D eigenvalue weighted by molar-refractivity contribution is 0.580. The van der Waals surface area contributed by atoms with E-state index < -0.39 is 5.82 Å². The Balaban J connectivity index is 1.95. The van der Waals surface area contributed by atoms with Crippen LogP contribution in [0.5, 0.6) is 0 Å². The maximum Gasteiger partial charge on any atom is 0.255 e. The molecule has 0 fully saturated rings. The van der Waals surface area contributed by atoms with Crippen LogP contribution in [0, 0.1) is 17.1 Å². The summed E-state index contributed by atoms with van der Waals surface area (Å²) in [7, 11) is 0. The fourth-order valence-electron chi connectivity index (χ4n) is 2.89. The Morgan fingerprint density at radius 2 is 1.93 bits per heavy atom. The summed E-state index contributed by atoms with van der Waals surface area (Å²) in [6, 6.07) is 15.7. The Bertz CT molecular complexity index is 1250. The number of hydrogen-bond donors (Lipinski definition) is 1. The highest BCUT2D eigenvalue weighted by Crippen LogP contribution is 2.33. The molecule has 0 saturated heterocycles. The normalized spacial score (nSPS) is 10.6. The first-order chi connectivity index (χ1) is 13.6. The van der Waals surface area contributed by atoms with E-state index in [1.54, 1.807) is 30.5 Å². The molecule has 0 bridgehead atoms. The van der Waals surface area contributed by atoms with E-state index in [2.05, 4.69) is 4.98 Å². The molecule has 3 heterocycles. The van der Waals surface area contributed by atoms with Gasteiger partial charge in [0.15, 0.2) is 5.76 Å². The summed E-state index contributed by atoms with van der Waals surface area (Å²) < 4.78 is 20.1.